The highest BCUT2D eigenvalue weighted by Crippen LogP contribution is 2.21. The first-order valence-corrected chi connectivity index (χ1v) is 9.68. The van der Waals surface area contributed by atoms with Gasteiger partial charge in [0.15, 0.2) is 5.96 Å². The number of aliphatic imine (C=N–C) groups is 1. The molecule has 1 aliphatic rings. The first kappa shape index (κ1) is 22.4. The SMILES string of the molecule is CN=C(NCc1ccccc1N1CCOCC1)NCC(C)(C)SC.I. The zero-order valence-corrected chi connectivity index (χ0v) is 18.8. The monoisotopic (exact) mass is 478 g/mol. The lowest BCUT2D eigenvalue weighted by molar-refractivity contribution is 0.122. The maximum Gasteiger partial charge on any atom is 0.191 e. The summed E-state index contributed by atoms with van der Waals surface area (Å²) in [5.41, 5.74) is 2.57. The minimum absolute atomic E-state index is 0. The Morgan fingerprint density at radius 2 is 1.92 bits per heavy atom. The van der Waals surface area contributed by atoms with Crippen LogP contribution in [0.1, 0.15) is 19.4 Å². The molecule has 0 radical (unpaired) electrons. The van der Waals surface area contributed by atoms with Gasteiger partial charge in [0.1, 0.15) is 0 Å². The highest BCUT2D eigenvalue weighted by atomic mass is 127. The molecule has 2 N–H and O–H groups in total. The minimum atomic E-state index is 0. The summed E-state index contributed by atoms with van der Waals surface area (Å²) in [5, 5.41) is 6.85. The van der Waals surface area contributed by atoms with Gasteiger partial charge in [0, 0.05) is 43.7 Å². The number of hydrogen-bond acceptors (Lipinski definition) is 4. The normalized spacial score (nSPS) is 15.5. The first-order valence-electron chi connectivity index (χ1n) is 8.46. The lowest BCUT2D eigenvalue weighted by Crippen LogP contribution is -2.43. The Morgan fingerprint density at radius 3 is 2.56 bits per heavy atom. The molecule has 0 aromatic heterocycles. The fourth-order valence-corrected chi connectivity index (χ4v) is 2.76. The Labute approximate surface area is 173 Å². The molecular weight excluding hydrogens is 447 g/mol. The van der Waals surface area contributed by atoms with E-state index >= 15 is 0 Å². The molecule has 7 heteroatoms. The Hall–Kier alpha value is -0.670. The summed E-state index contributed by atoms with van der Waals surface area (Å²) < 4.78 is 5.65. The van der Waals surface area contributed by atoms with E-state index in [1.165, 1.54) is 11.3 Å². The largest absolute Gasteiger partial charge is 0.378 e. The average molecular weight is 478 g/mol. The second-order valence-corrected chi connectivity index (χ2v) is 7.98. The second kappa shape index (κ2) is 11.1. The molecule has 142 valence electrons. The van der Waals surface area contributed by atoms with Gasteiger partial charge < -0.3 is 20.3 Å². The molecule has 1 aliphatic heterocycles. The Balaban J connectivity index is 0.00000312. The first-order chi connectivity index (χ1) is 11.6. The average Bonchev–Trinajstić information content (AvgIpc) is 2.63. The summed E-state index contributed by atoms with van der Waals surface area (Å²) in [6.07, 6.45) is 2.14. The van der Waals surface area contributed by atoms with Crippen LogP contribution in [0.4, 0.5) is 5.69 Å². The number of thioether (sulfide) groups is 1. The molecule has 25 heavy (non-hydrogen) atoms. The number of halogens is 1. The maximum absolute atomic E-state index is 5.46. The molecule has 0 bridgehead atoms. The van der Waals surface area contributed by atoms with Crippen LogP contribution < -0.4 is 15.5 Å². The number of nitrogens with zero attached hydrogens (tertiary/aromatic N) is 2. The fourth-order valence-electron chi connectivity index (χ4n) is 2.54. The predicted octanol–water partition coefficient (Wildman–Crippen LogP) is 2.95. The van der Waals surface area contributed by atoms with Gasteiger partial charge in [-0.3, -0.25) is 4.99 Å². The van der Waals surface area contributed by atoms with Gasteiger partial charge in [-0.2, -0.15) is 11.8 Å². The summed E-state index contributed by atoms with van der Waals surface area (Å²) in [4.78, 5) is 6.73. The number of para-hydroxylation sites is 1. The van der Waals surface area contributed by atoms with E-state index in [9.17, 15) is 0 Å². The Morgan fingerprint density at radius 1 is 1.24 bits per heavy atom. The van der Waals surface area contributed by atoms with Gasteiger partial charge >= 0.3 is 0 Å². The smallest absolute Gasteiger partial charge is 0.191 e. The van der Waals surface area contributed by atoms with Crippen LogP contribution in [-0.2, 0) is 11.3 Å². The van der Waals surface area contributed by atoms with E-state index in [1.807, 2.05) is 18.8 Å². The van der Waals surface area contributed by atoms with Crippen molar-refractivity contribution >= 4 is 47.4 Å². The van der Waals surface area contributed by atoms with Gasteiger partial charge in [-0.05, 0) is 31.7 Å². The van der Waals surface area contributed by atoms with Crippen molar-refractivity contribution in [3.63, 3.8) is 0 Å². The molecule has 1 heterocycles. The quantitative estimate of drug-likeness (QED) is 0.374. The van der Waals surface area contributed by atoms with Crippen LogP contribution >= 0.6 is 35.7 Å². The van der Waals surface area contributed by atoms with Crippen molar-refractivity contribution in [2.24, 2.45) is 4.99 Å². The van der Waals surface area contributed by atoms with Crippen molar-refractivity contribution in [1.82, 2.24) is 10.6 Å². The van der Waals surface area contributed by atoms with Crippen molar-refractivity contribution in [3.8, 4) is 0 Å². The predicted molar refractivity (Wildman–Crippen MR) is 121 cm³/mol. The van der Waals surface area contributed by atoms with E-state index in [0.717, 1.165) is 45.4 Å². The highest BCUT2D eigenvalue weighted by molar-refractivity contribution is 14.0. The van der Waals surface area contributed by atoms with E-state index in [-0.39, 0.29) is 28.7 Å². The van der Waals surface area contributed by atoms with Crippen LogP contribution in [0.25, 0.3) is 0 Å². The number of rotatable bonds is 6. The van der Waals surface area contributed by atoms with E-state index in [0.29, 0.717) is 0 Å². The number of guanidine groups is 1. The van der Waals surface area contributed by atoms with Gasteiger partial charge in [-0.25, -0.2) is 0 Å². The summed E-state index contributed by atoms with van der Waals surface area (Å²) >= 11 is 1.85. The van der Waals surface area contributed by atoms with Crippen molar-refractivity contribution in [3.05, 3.63) is 29.8 Å². The summed E-state index contributed by atoms with van der Waals surface area (Å²) in [6.45, 7) is 9.59. The molecule has 1 saturated heterocycles. The van der Waals surface area contributed by atoms with Crippen LogP contribution in [-0.4, -0.2) is 56.9 Å². The second-order valence-electron chi connectivity index (χ2n) is 6.47. The molecule has 1 aromatic carbocycles. The minimum Gasteiger partial charge on any atom is -0.378 e. The maximum atomic E-state index is 5.46. The number of nitrogens with one attached hydrogen (secondary N) is 2. The van der Waals surface area contributed by atoms with Crippen LogP contribution in [0.5, 0.6) is 0 Å². The Bertz CT molecular complexity index is 548. The van der Waals surface area contributed by atoms with Crippen molar-refractivity contribution < 1.29 is 4.74 Å². The van der Waals surface area contributed by atoms with E-state index in [4.69, 9.17) is 4.74 Å². The molecule has 0 atom stereocenters. The molecule has 2 rings (SSSR count). The standard InChI is InChI=1S/C18H30N4OS.HI/c1-18(2,24-4)14-21-17(19-3)20-13-15-7-5-6-8-16(15)22-9-11-23-12-10-22;/h5-8H,9-14H2,1-4H3,(H2,19,20,21);1H. The van der Waals surface area contributed by atoms with Gasteiger partial charge in [-0.1, -0.05) is 18.2 Å². The lowest BCUT2D eigenvalue weighted by atomic mass is 10.1. The zero-order valence-electron chi connectivity index (χ0n) is 15.7. The summed E-state index contributed by atoms with van der Waals surface area (Å²) in [7, 11) is 1.81. The number of benzene rings is 1. The molecular formula is C18H31IN4OS. The van der Waals surface area contributed by atoms with E-state index in [1.54, 1.807) is 0 Å². The topological polar surface area (TPSA) is 48.9 Å². The third-order valence-corrected chi connectivity index (χ3v) is 5.50. The number of anilines is 1. The molecule has 1 fully saturated rings. The van der Waals surface area contributed by atoms with Gasteiger partial charge in [0.05, 0.1) is 13.2 Å². The number of morpholine rings is 1. The third kappa shape index (κ3) is 7.22. The van der Waals surface area contributed by atoms with Gasteiger partial charge in [-0.15, -0.1) is 24.0 Å². The third-order valence-electron chi connectivity index (χ3n) is 4.25. The summed E-state index contributed by atoms with van der Waals surface area (Å²) in [5.74, 6) is 0.842. The molecule has 5 nitrogen and oxygen atoms in total. The molecule has 0 aliphatic carbocycles. The van der Waals surface area contributed by atoms with Crippen LogP contribution in [0, 0.1) is 0 Å². The van der Waals surface area contributed by atoms with Gasteiger partial charge in [0.25, 0.3) is 0 Å². The lowest BCUT2D eigenvalue weighted by Gasteiger charge is -2.31. The van der Waals surface area contributed by atoms with E-state index in [2.05, 4.69) is 64.9 Å². The van der Waals surface area contributed by atoms with Crippen LogP contribution in [0.2, 0.25) is 0 Å². The van der Waals surface area contributed by atoms with Crippen molar-refractivity contribution in [1.29, 1.82) is 0 Å². The van der Waals surface area contributed by atoms with Crippen molar-refractivity contribution in [2.45, 2.75) is 25.1 Å². The molecule has 0 saturated carbocycles. The van der Waals surface area contributed by atoms with Crippen molar-refractivity contribution in [2.75, 3.05) is 51.1 Å². The molecule has 1 aromatic rings. The molecule has 0 spiro atoms. The van der Waals surface area contributed by atoms with Crippen LogP contribution in [0.3, 0.4) is 0 Å². The molecule has 0 amide bonds. The van der Waals surface area contributed by atoms with E-state index < -0.39 is 0 Å². The van der Waals surface area contributed by atoms with Gasteiger partial charge in [0.2, 0.25) is 0 Å². The highest BCUT2D eigenvalue weighted by Gasteiger charge is 2.17. The fraction of sp³-hybridized carbons (Fsp3) is 0.611. The number of hydrogen-bond donors (Lipinski definition) is 2. The van der Waals surface area contributed by atoms with Crippen LogP contribution in [0.15, 0.2) is 29.3 Å². The Kier molecular flexibility index (Phi) is 9.96. The summed E-state index contributed by atoms with van der Waals surface area (Å²) in [6, 6.07) is 8.56. The zero-order chi connectivity index (χ0) is 17.4. The number of ether oxygens (including phenoxy) is 1. The molecule has 0 unspecified atom stereocenters.